The van der Waals surface area contributed by atoms with Crippen molar-refractivity contribution in [1.29, 1.82) is 0 Å². The van der Waals surface area contributed by atoms with Crippen LogP contribution in [-0.4, -0.2) is 17.8 Å². The van der Waals surface area contributed by atoms with Gasteiger partial charge in [-0.05, 0) is 56.6 Å². The average molecular weight is 417 g/mol. The fraction of sp³-hybridized carbons (Fsp3) is 0.750. The Morgan fingerprint density at radius 1 is 1.04 bits per heavy atom. The van der Waals surface area contributed by atoms with Crippen LogP contribution < -0.4 is 4.74 Å². The lowest BCUT2D eigenvalue weighted by atomic mass is 9.72. The summed E-state index contributed by atoms with van der Waals surface area (Å²) in [6.07, 6.45) is 12.3. The van der Waals surface area contributed by atoms with Crippen molar-refractivity contribution in [3.05, 3.63) is 29.0 Å². The number of halogens is 2. The number of unbranched alkanes of at least 4 members (excludes halogenated alkanes) is 2. The molecule has 1 aromatic carbocycles. The van der Waals surface area contributed by atoms with Gasteiger partial charge in [-0.2, -0.15) is 0 Å². The van der Waals surface area contributed by atoms with Gasteiger partial charge in [-0.1, -0.05) is 71.4 Å². The first-order valence-corrected chi connectivity index (χ1v) is 11.5. The van der Waals surface area contributed by atoms with Gasteiger partial charge in [-0.15, -0.1) is 0 Å². The lowest BCUT2D eigenvalue weighted by molar-refractivity contribution is 0.129. The summed E-state index contributed by atoms with van der Waals surface area (Å²) < 4.78 is 17.9. The Kier molecular flexibility index (Phi) is 15.6. The molecule has 0 aromatic heterocycles. The molecule has 28 heavy (non-hydrogen) atoms. The van der Waals surface area contributed by atoms with Crippen LogP contribution in [-0.2, 0) is 0 Å². The van der Waals surface area contributed by atoms with Crippen LogP contribution in [0, 0.1) is 11.2 Å². The second-order valence-electron chi connectivity index (χ2n) is 7.87. The zero-order chi connectivity index (χ0) is 21.4. The number of aliphatic hydroxyl groups excluding tert-OH is 1. The molecule has 0 amide bonds. The smallest absolute Gasteiger partial charge is 0.142 e. The predicted molar refractivity (Wildman–Crippen MR) is 120 cm³/mol. The van der Waals surface area contributed by atoms with Crippen molar-refractivity contribution in [2.45, 2.75) is 105 Å². The standard InChI is InChI=1S/C15H32O.C9H10ClFO/c1-5-8-9-12-15(7-3,11-6-2)13-10-14(4)16;1-2-5-12-7-3-4-9(11)8(10)6-7/h14,16H,5-13H2,1-4H3;3-4,6H,2,5H2,1H3. The first-order valence-electron chi connectivity index (χ1n) is 11.1. The van der Waals surface area contributed by atoms with Crippen molar-refractivity contribution >= 4 is 11.6 Å². The number of benzene rings is 1. The van der Waals surface area contributed by atoms with Crippen molar-refractivity contribution < 1.29 is 14.2 Å². The number of aliphatic hydroxyl groups is 1. The van der Waals surface area contributed by atoms with Gasteiger partial charge >= 0.3 is 0 Å². The maximum absolute atomic E-state index is 12.6. The highest BCUT2D eigenvalue weighted by Gasteiger charge is 2.26. The Hall–Kier alpha value is -0.800. The first kappa shape index (κ1) is 27.2. The summed E-state index contributed by atoms with van der Waals surface area (Å²) >= 11 is 5.54. The Morgan fingerprint density at radius 3 is 2.25 bits per heavy atom. The molecule has 164 valence electrons. The van der Waals surface area contributed by atoms with Crippen molar-refractivity contribution in [3.8, 4) is 5.75 Å². The second kappa shape index (κ2) is 16.0. The van der Waals surface area contributed by atoms with Gasteiger partial charge < -0.3 is 9.84 Å². The van der Waals surface area contributed by atoms with Crippen molar-refractivity contribution in [2.75, 3.05) is 6.61 Å². The summed E-state index contributed by atoms with van der Waals surface area (Å²) in [6, 6.07) is 4.34. The Balaban J connectivity index is 0.000000540. The molecule has 0 saturated heterocycles. The van der Waals surface area contributed by atoms with Gasteiger partial charge in [0, 0.05) is 6.07 Å². The lowest BCUT2D eigenvalue weighted by Gasteiger charge is -2.33. The largest absolute Gasteiger partial charge is 0.494 e. The molecule has 2 unspecified atom stereocenters. The maximum atomic E-state index is 12.6. The van der Waals surface area contributed by atoms with E-state index in [1.54, 1.807) is 6.07 Å². The van der Waals surface area contributed by atoms with Gasteiger partial charge in [0.05, 0.1) is 17.7 Å². The Labute approximate surface area is 177 Å². The predicted octanol–water partition coefficient (Wildman–Crippen LogP) is 8.19. The SMILES string of the molecule is CCCCCC(CC)(CCC)CCC(C)O.CCCOc1ccc(F)c(Cl)c1. The molecule has 4 heteroatoms. The molecule has 0 heterocycles. The van der Waals surface area contributed by atoms with E-state index in [2.05, 4.69) is 20.8 Å². The van der Waals surface area contributed by atoms with E-state index in [4.69, 9.17) is 16.3 Å². The number of hydrogen-bond donors (Lipinski definition) is 1. The van der Waals surface area contributed by atoms with Gasteiger partial charge in [0.1, 0.15) is 11.6 Å². The maximum Gasteiger partial charge on any atom is 0.142 e. The Bertz CT molecular complexity index is 507. The van der Waals surface area contributed by atoms with E-state index in [9.17, 15) is 9.50 Å². The summed E-state index contributed by atoms with van der Waals surface area (Å²) in [5.74, 6) is 0.198. The Morgan fingerprint density at radius 2 is 1.75 bits per heavy atom. The molecule has 0 fully saturated rings. The zero-order valence-electron chi connectivity index (χ0n) is 18.7. The first-order chi connectivity index (χ1) is 13.3. The monoisotopic (exact) mass is 416 g/mol. The molecular formula is C24H42ClFO2. The summed E-state index contributed by atoms with van der Waals surface area (Å²) in [5.41, 5.74) is 0.515. The topological polar surface area (TPSA) is 29.5 Å². The average Bonchev–Trinajstić information content (AvgIpc) is 2.67. The lowest BCUT2D eigenvalue weighted by Crippen LogP contribution is -2.21. The molecule has 0 radical (unpaired) electrons. The van der Waals surface area contributed by atoms with Gasteiger partial charge in [0.15, 0.2) is 0 Å². The zero-order valence-corrected chi connectivity index (χ0v) is 19.5. The van der Waals surface area contributed by atoms with Crippen molar-refractivity contribution in [3.63, 3.8) is 0 Å². The summed E-state index contributed by atoms with van der Waals surface area (Å²) in [5, 5.41) is 9.55. The van der Waals surface area contributed by atoms with E-state index in [1.165, 1.54) is 63.5 Å². The minimum absolute atomic E-state index is 0.101. The van der Waals surface area contributed by atoms with Crippen LogP contribution in [0.2, 0.25) is 5.02 Å². The van der Waals surface area contributed by atoms with Crippen LogP contribution in [0.1, 0.15) is 98.8 Å². The fourth-order valence-corrected chi connectivity index (χ4v) is 3.66. The van der Waals surface area contributed by atoms with Crippen molar-refractivity contribution in [1.82, 2.24) is 0 Å². The van der Waals surface area contributed by atoms with E-state index in [-0.39, 0.29) is 11.1 Å². The quantitative estimate of drug-likeness (QED) is 0.328. The van der Waals surface area contributed by atoms with Crippen LogP contribution in [0.25, 0.3) is 0 Å². The third-order valence-electron chi connectivity index (χ3n) is 5.30. The van der Waals surface area contributed by atoms with Crippen LogP contribution in [0.5, 0.6) is 5.75 Å². The minimum atomic E-state index is -0.416. The van der Waals surface area contributed by atoms with Gasteiger partial charge in [0.25, 0.3) is 0 Å². The molecule has 1 rings (SSSR count). The molecule has 2 nitrogen and oxygen atoms in total. The molecule has 0 aliphatic rings. The van der Waals surface area contributed by atoms with Gasteiger partial charge in [-0.3, -0.25) is 0 Å². The molecular weight excluding hydrogens is 375 g/mol. The highest BCUT2D eigenvalue weighted by Crippen LogP contribution is 2.39. The molecule has 0 aliphatic heterocycles. The van der Waals surface area contributed by atoms with E-state index in [1.807, 2.05) is 13.8 Å². The normalized spacial score (nSPS) is 14.0. The summed E-state index contributed by atoms with van der Waals surface area (Å²) in [6.45, 7) is 11.4. The molecule has 2 atom stereocenters. The summed E-state index contributed by atoms with van der Waals surface area (Å²) in [7, 11) is 0. The summed E-state index contributed by atoms with van der Waals surface area (Å²) in [4.78, 5) is 0. The number of hydrogen-bond acceptors (Lipinski definition) is 2. The van der Waals surface area contributed by atoms with Crippen molar-refractivity contribution in [2.24, 2.45) is 5.41 Å². The number of ether oxygens (including phenoxy) is 1. The third-order valence-corrected chi connectivity index (χ3v) is 5.59. The highest BCUT2D eigenvalue weighted by molar-refractivity contribution is 6.30. The van der Waals surface area contributed by atoms with Crippen LogP contribution in [0.15, 0.2) is 18.2 Å². The van der Waals surface area contributed by atoms with Gasteiger partial charge in [-0.25, -0.2) is 4.39 Å². The molecule has 1 N–H and O–H groups in total. The van der Waals surface area contributed by atoms with E-state index >= 15 is 0 Å². The molecule has 0 saturated carbocycles. The number of rotatable bonds is 13. The molecule has 0 bridgehead atoms. The van der Waals surface area contributed by atoms with E-state index in [0.29, 0.717) is 17.8 Å². The van der Waals surface area contributed by atoms with E-state index in [0.717, 1.165) is 12.8 Å². The van der Waals surface area contributed by atoms with Crippen LogP contribution >= 0.6 is 11.6 Å². The van der Waals surface area contributed by atoms with E-state index < -0.39 is 5.82 Å². The molecule has 0 aliphatic carbocycles. The third kappa shape index (κ3) is 11.9. The van der Waals surface area contributed by atoms with Crippen LogP contribution in [0.4, 0.5) is 4.39 Å². The second-order valence-corrected chi connectivity index (χ2v) is 8.28. The molecule has 0 spiro atoms. The van der Waals surface area contributed by atoms with Crippen LogP contribution in [0.3, 0.4) is 0 Å². The van der Waals surface area contributed by atoms with Gasteiger partial charge in [0.2, 0.25) is 0 Å². The molecule has 1 aromatic rings. The highest BCUT2D eigenvalue weighted by atomic mass is 35.5. The minimum Gasteiger partial charge on any atom is -0.494 e. The fourth-order valence-electron chi connectivity index (χ4n) is 3.49.